The molecule has 1 amide bonds. The quantitative estimate of drug-likeness (QED) is 0.725. The smallest absolute Gasteiger partial charge is 0.316 e. The maximum Gasteiger partial charge on any atom is 0.316 e. The summed E-state index contributed by atoms with van der Waals surface area (Å²) in [4.78, 5) is 23.7. The van der Waals surface area contributed by atoms with Crippen molar-refractivity contribution in [3.8, 4) is 0 Å². The molecule has 2 rings (SSSR count). The predicted octanol–water partition coefficient (Wildman–Crippen LogP) is 2.27. The maximum absolute atomic E-state index is 13.6. The third-order valence-electron chi connectivity index (χ3n) is 3.49. The van der Waals surface area contributed by atoms with Crippen molar-refractivity contribution in [2.75, 3.05) is 22.6 Å². The molecule has 1 aromatic carbocycles. The second-order valence-corrected chi connectivity index (χ2v) is 9.54. The Morgan fingerprint density at radius 2 is 2.20 bits per heavy atom. The number of halogens is 2. The van der Waals surface area contributed by atoms with E-state index in [2.05, 4.69) is 5.32 Å². The Bertz CT molecular complexity index is 771. The molecule has 0 aliphatic carbocycles. The zero-order valence-corrected chi connectivity index (χ0v) is 15.7. The molecule has 1 aliphatic heterocycles. The lowest BCUT2D eigenvalue weighted by molar-refractivity contribution is -0.150. The molecule has 1 aromatic rings. The van der Waals surface area contributed by atoms with Gasteiger partial charge in [0.25, 0.3) is 5.91 Å². The van der Waals surface area contributed by atoms with Crippen molar-refractivity contribution in [1.82, 2.24) is 0 Å². The number of nitrogens with one attached hydrogen (secondary N) is 1. The molecule has 1 fully saturated rings. The van der Waals surface area contributed by atoms with Crippen molar-refractivity contribution < 1.29 is 27.1 Å². The first kappa shape index (κ1) is 20.0. The highest BCUT2D eigenvalue weighted by Crippen LogP contribution is 2.24. The fourth-order valence-corrected chi connectivity index (χ4v) is 5.77. The molecule has 0 unspecified atom stereocenters. The van der Waals surface area contributed by atoms with Gasteiger partial charge in [-0.25, -0.2) is 12.8 Å². The molecule has 1 aliphatic rings. The number of carbonyl (C=O) groups is 2. The van der Waals surface area contributed by atoms with Gasteiger partial charge in [-0.1, -0.05) is 11.6 Å². The molecule has 0 aromatic heterocycles. The Labute approximate surface area is 154 Å². The number of anilines is 1. The molecule has 1 heterocycles. The zero-order valence-electron chi connectivity index (χ0n) is 13.3. The van der Waals surface area contributed by atoms with Crippen molar-refractivity contribution in [2.24, 2.45) is 0 Å². The van der Waals surface area contributed by atoms with E-state index in [0.29, 0.717) is 6.42 Å². The first-order valence-electron chi connectivity index (χ1n) is 7.44. The number of esters is 1. The van der Waals surface area contributed by atoms with Crippen molar-refractivity contribution in [2.45, 2.75) is 24.7 Å². The Kier molecular flexibility index (Phi) is 6.70. The fraction of sp³-hybridized carbons (Fsp3) is 0.467. The first-order chi connectivity index (χ1) is 11.7. The van der Waals surface area contributed by atoms with Crippen LogP contribution < -0.4 is 5.32 Å². The Morgan fingerprint density at radius 3 is 2.80 bits per heavy atom. The van der Waals surface area contributed by atoms with Crippen molar-refractivity contribution in [1.29, 1.82) is 0 Å². The lowest BCUT2D eigenvalue weighted by Gasteiger charge is -2.14. The van der Waals surface area contributed by atoms with E-state index in [1.165, 1.54) is 30.8 Å². The normalized spacial score (nSPS) is 20.0. The standard InChI is InChI=1S/C15H17ClFNO5S2/c1-9(15(20)18-13-3-2-10(16)6-12(13)17)23-14(19)7-24-11-4-5-25(21,22)8-11/h2-3,6,9,11H,4-5,7-8H2,1H3,(H,18,20)/t9-,11-/m0/s1. The lowest BCUT2D eigenvalue weighted by Crippen LogP contribution is -2.31. The van der Waals surface area contributed by atoms with E-state index in [0.717, 1.165) is 6.07 Å². The van der Waals surface area contributed by atoms with E-state index in [1.807, 2.05) is 0 Å². The van der Waals surface area contributed by atoms with Crippen LogP contribution in [0.4, 0.5) is 10.1 Å². The largest absolute Gasteiger partial charge is 0.452 e. The summed E-state index contributed by atoms with van der Waals surface area (Å²) in [5.41, 5.74) is -0.0668. The van der Waals surface area contributed by atoms with E-state index in [1.54, 1.807) is 0 Å². The number of benzene rings is 1. The number of sulfone groups is 1. The van der Waals surface area contributed by atoms with Crippen LogP contribution in [0.1, 0.15) is 13.3 Å². The van der Waals surface area contributed by atoms with E-state index < -0.39 is 33.6 Å². The minimum absolute atomic E-state index is 0.0485. The summed E-state index contributed by atoms with van der Waals surface area (Å²) in [6.45, 7) is 1.37. The molecule has 0 radical (unpaired) electrons. The molecule has 1 saturated heterocycles. The molecule has 6 nitrogen and oxygen atoms in total. The molecular weight excluding hydrogens is 393 g/mol. The van der Waals surface area contributed by atoms with E-state index in [9.17, 15) is 22.4 Å². The second-order valence-electron chi connectivity index (χ2n) is 5.58. The van der Waals surface area contributed by atoms with Crippen LogP contribution in [0.25, 0.3) is 0 Å². The van der Waals surface area contributed by atoms with Crippen molar-refractivity contribution >= 4 is 50.8 Å². The topological polar surface area (TPSA) is 89.5 Å². The van der Waals surface area contributed by atoms with Gasteiger partial charge in [0.05, 0.1) is 22.9 Å². The number of hydrogen-bond acceptors (Lipinski definition) is 6. The van der Waals surface area contributed by atoms with Crippen LogP contribution in [0, 0.1) is 5.82 Å². The van der Waals surface area contributed by atoms with Gasteiger partial charge < -0.3 is 10.1 Å². The highest BCUT2D eigenvalue weighted by atomic mass is 35.5. The zero-order chi connectivity index (χ0) is 18.6. The van der Waals surface area contributed by atoms with Gasteiger partial charge in [0, 0.05) is 10.3 Å². The molecule has 2 atom stereocenters. The number of ether oxygens (including phenoxy) is 1. The highest BCUT2D eigenvalue weighted by molar-refractivity contribution is 8.02. The maximum atomic E-state index is 13.6. The summed E-state index contributed by atoms with van der Waals surface area (Å²) < 4.78 is 41.3. The molecule has 0 spiro atoms. The monoisotopic (exact) mass is 409 g/mol. The Balaban J connectivity index is 1.79. The molecule has 138 valence electrons. The fourth-order valence-electron chi connectivity index (χ4n) is 2.19. The molecule has 25 heavy (non-hydrogen) atoms. The Morgan fingerprint density at radius 1 is 1.48 bits per heavy atom. The number of hydrogen-bond donors (Lipinski definition) is 1. The van der Waals surface area contributed by atoms with Gasteiger partial charge in [-0.2, -0.15) is 0 Å². The first-order valence-corrected chi connectivity index (χ1v) is 10.7. The van der Waals surface area contributed by atoms with Crippen LogP contribution >= 0.6 is 23.4 Å². The molecule has 10 heteroatoms. The van der Waals surface area contributed by atoms with Crippen LogP contribution in [-0.4, -0.2) is 48.9 Å². The van der Waals surface area contributed by atoms with E-state index in [-0.39, 0.29) is 33.2 Å². The minimum atomic E-state index is -3.00. The van der Waals surface area contributed by atoms with Gasteiger partial charge in [0.1, 0.15) is 5.82 Å². The van der Waals surface area contributed by atoms with Crippen LogP contribution in [0.5, 0.6) is 0 Å². The molecule has 0 bridgehead atoms. The summed E-state index contributed by atoms with van der Waals surface area (Å²) >= 11 is 6.83. The lowest BCUT2D eigenvalue weighted by atomic mass is 10.3. The summed E-state index contributed by atoms with van der Waals surface area (Å²) in [5, 5.41) is 2.38. The number of amides is 1. The highest BCUT2D eigenvalue weighted by Gasteiger charge is 2.29. The van der Waals surface area contributed by atoms with Gasteiger partial charge >= 0.3 is 5.97 Å². The average molecular weight is 410 g/mol. The molecule has 1 N–H and O–H groups in total. The van der Waals surface area contributed by atoms with Gasteiger partial charge in [0.2, 0.25) is 0 Å². The Hall–Kier alpha value is -1.32. The predicted molar refractivity (Wildman–Crippen MR) is 95.1 cm³/mol. The van der Waals surface area contributed by atoms with Crippen LogP contribution in [0.15, 0.2) is 18.2 Å². The number of carbonyl (C=O) groups excluding carboxylic acids is 2. The number of rotatable bonds is 6. The number of thioether (sulfide) groups is 1. The van der Waals surface area contributed by atoms with E-state index in [4.69, 9.17) is 16.3 Å². The summed E-state index contributed by atoms with van der Waals surface area (Å²) in [6.07, 6.45) is -0.609. The third-order valence-corrected chi connectivity index (χ3v) is 6.98. The second kappa shape index (κ2) is 8.37. The minimum Gasteiger partial charge on any atom is -0.452 e. The van der Waals surface area contributed by atoms with Gasteiger partial charge in [-0.3, -0.25) is 9.59 Å². The summed E-state index contributed by atoms with van der Waals surface area (Å²) in [5.74, 6) is -1.87. The molecule has 0 saturated carbocycles. The van der Waals surface area contributed by atoms with Crippen LogP contribution in [0.2, 0.25) is 5.02 Å². The van der Waals surface area contributed by atoms with Crippen LogP contribution in [-0.2, 0) is 24.2 Å². The average Bonchev–Trinajstić information content (AvgIpc) is 2.87. The molecular formula is C15H17ClFNO5S2. The summed E-state index contributed by atoms with van der Waals surface area (Å²) in [7, 11) is -3.00. The van der Waals surface area contributed by atoms with Crippen molar-refractivity contribution in [3.05, 3.63) is 29.0 Å². The SMILES string of the molecule is C[C@H](OC(=O)CS[C@H]1CCS(=O)(=O)C1)C(=O)Nc1ccc(Cl)cc1F. The van der Waals surface area contributed by atoms with E-state index >= 15 is 0 Å². The van der Waals surface area contributed by atoms with Gasteiger partial charge in [-0.05, 0) is 31.5 Å². The summed E-state index contributed by atoms with van der Waals surface area (Å²) in [6, 6.07) is 3.78. The van der Waals surface area contributed by atoms with Gasteiger partial charge in [-0.15, -0.1) is 11.8 Å². The van der Waals surface area contributed by atoms with Crippen molar-refractivity contribution in [3.63, 3.8) is 0 Å². The third kappa shape index (κ3) is 6.16. The van der Waals surface area contributed by atoms with Crippen LogP contribution in [0.3, 0.4) is 0 Å². The van der Waals surface area contributed by atoms with Gasteiger partial charge in [0.15, 0.2) is 15.9 Å².